The Hall–Kier alpha value is -1.07. The van der Waals surface area contributed by atoms with Crippen LogP contribution in [0.2, 0.25) is 0 Å². The minimum absolute atomic E-state index is 0.0457. The Morgan fingerprint density at radius 1 is 1.29 bits per heavy atom. The second-order valence-corrected chi connectivity index (χ2v) is 6.04. The van der Waals surface area contributed by atoms with E-state index in [4.69, 9.17) is 5.73 Å². The first kappa shape index (κ1) is 16.3. The third-order valence-electron chi connectivity index (χ3n) is 4.31. The number of piperidine rings is 1. The zero-order valence-electron chi connectivity index (χ0n) is 12.5. The van der Waals surface area contributed by atoms with E-state index in [0.29, 0.717) is 13.0 Å². The molecular weight excluding hydrogens is 277 g/mol. The van der Waals surface area contributed by atoms with Gasteiger partial charge in [-0.05, 0) is 44.4 Å². The molecule has 21 heavy (non-hydrogen) atoms. The molecule has 2 nitrogen and oxygen atoms in total. The summed E-state index contributed by atoms with van der Waals surface area (Å²) in [6.45, 7) is 4.57. The molecule has 0 radical (unpaired) electrons. The monoisotopic (exact) mass is 300 g/mol. The number of rotatable bonds is 3. The lowest BCUT2D eigenvalue weighted by molar-refractivity contribution is -0.189. The van der Waals surface area contributed by atoms with E-state index in [-0.39, 0.29) is 25.0 Å². The molecule has 1 aliphatic rings. The second-order valence-electron chi connectivity index (χ2n) is 6.04. The minimum Gasteiger partial charge on any atom is -0.326 e. The first-order valence-electron chi connectivity index (χ1n) is 7.42. The predicted molar refractivity (Wildman–Crippen MR) is 77.9 cm³/mol. The number of alkyl halides is 3. The standard InChI is InChI=1S/C16H23F3N2/c1-11-6-3-4-8-14(11)15(12(2)20)21-9-5-7-13(10-21)16(17,18)19/h3-4,6,8,12-13,15H,5,7,9-10,20H2,1-2H3. The SMILES string of the molecule is Cc1ccccc1C(C(C)N)N1CCCC(C(F)(F)F)C1. The molecule has 1 fully saturated rings. The number of likely N-dealkylation sites (tertiary alicyclic amines) is 1. The van der Waals surface area contributed by atoms with Crippen LogP contribution in [0.15, 0.2) is 24.3 Å². The third kappa shape index (κ3) is 3.77. The van der Waals surface area contributed by atoms with Crippen LogP contribution < -0.4 is 5.73 Å². The fourth-order valence-electron chi connectivity index (χ4n) is 3.26. The topological polar surface area (TPSA) is 29.3 Å². The van der Waals surface area contributed by atoms with E-state index in [2.05, 4.69) is 0 Å². The van der Waals surface area contributed by atoms with Crippen molar-refractivity contribution in [3.8, 4) is 0 Å². The maximum Gasteiger partial charge on any atom is 0.393 e. The molecule has 0 aromatic heterocycles. The van der Waals surface area contributed by atoms with Crippen molar-refractivity contribution in [1.29, 1.82) is 0 Å². The summed E-state index contributed by atoms with van der Waals surface area (Å²) in [5.41, 5.74) is 8.22. The first-order chi connectivity index (χ1) is 9.80. The van der Waals surface area contributed by atoms with Crippen LogP contribution in [0, 0.1) is 12.8 Å². The van der Waals surface area contributed by atoms with E-state index in [1.165, 1.54) is 0 Å². The highest BCUT2D eigenvalue weighted by molar-refractivity contribution is 5.30. The van der Waals surface area contributed by atoms with Gasteiger partial charge >= 0.3 is 6.18 Å². The molecule has 3 unspecified atom stereocenters. The van der Waals surface area contributed by atoms with E-state index < -0.39 is 12.1 Å². The molecule has 2 rings (SSSR count). The molecule has 118 valence electrons. The van der Waals surface area contributed by atoms with Crippen molar-refractivity contribution in [2.45, 2.75) is 44.9 Å². The molecule has 1 saturated heterocycles. The molecule has 0 bridgehead atoms. The minimum atomic E-state index is -4.12. The van der Waals surface area contributed by atoms with E-state index in [9.17, 15) is 13.2 Å². The smallest absolute Gasteiger partial charge is 0.326 e. The summed E-state index contributed by atoms with van der Waals surface area (Å²) < 4.78 is 39.0. The van der Waals surface area contributed by atoms with Gasteiger partial charge in [-0.2, -0.15) is 13.2 Å². The highest BCUT2D eigenvalue weighted by Gasteiger charge is 2.43. The number of aryl methyl sites for hydroxylation is 1. The zero-order valence-corrected chi connectivity index (χ0v) is 12.5. The Kier molecular flexibility index (Phi) is 4.94. The normalized spacial score (nSPS) is 23.8. The van der Waals surface area contributed by atoms with Crippen LogP contribution in [0.5, 0.6) is 0 Å². The molecule has 0 aliphatic carbocycles. The van der Waals surface area contributed by atoms with Crippen molar-refractivity contribution < 1.29 is 13.2 Å². The Morgan fingerprint density at radius 3 is 2.52 bits per heavy atom. The summed E-state index contributed by atoms with van der Waals surface area (Å²) in [4.78, 5) is 1.91. The summed E-state index contributed by atoms with van der Waals surface area (Å²) in [6.07, 6.45) is -3.33. The Balaban J connectivity index is 2.25. The van der Waals surface area contributed by atoms with Gasteiger partial charge in [-0.15, -0.1) is 0 Å². The molecule has 0 spiro atoms. The van der Waals surface area contributed by atoms with Gasteiger partial charge in [0.1, 0.15) is 0 Å². The van der Waals surface area contributed by atoms with Crippen molar-refractivity contribution >= 4 is 0 Å². The zero-order chi connectivity index (χ0) is 15.6. The van der Waals surface area contributed by atoms with Gasteiger partial charge in [-0.1, -0.05) is 24.3 Å². The van der Waals surface area contributed by atoms with E-state index >= 15 is 0 Å². The lowest BCUT2D eigenvalue weighted by Crippen LogP contribution is -2.47. The summed E-state index contributed by atoms with van der Waals surface area (Å²) in [5.74, 6) is -1.24. The maximum absolute atomic E-state index is 13.0. The summed E-state index contributed by atoms with van der Waals surface area (Å²) in [6, 6.07) is 7.44. The van der Waals surface area contributed by atoms with Crippen LogP contribution in [0.1, 0.15) is 36.9 Å². The van der Waals surface area contributed by atoms with Crippen molar-refractivity contribution in [2.24, 2.45) is 11.7 Å². The largest absolute Gasteiger partial charge is 0.393 e. The molecule has 1 heterocycles. The lowest BCUT2D eigenvalue weighted by Gasteiger charge is -2.41. The Bertz CT molecular complexity index is 471. The van der Waals surface area contributed by atoms with Crippen LogP contribution in [0.25, 0.3) is 0 Å². The van der Waals surface area contributed by atoms with Gasteiger partial charge < -0.3 is 5.73 Å². The number of halogens is 3. The van der Waals surface area contributed by atoms with Crippen LogP contribution in [0.4, 0.5) is 13.2 Å². The lowest BCUT2D eigenvalue weighted by atomic mass is 9.90. The van der Waals surface area contributed by atoms with Gasteiger partial charge in [-0.3, -0.25) is 4.90 Å². The van der Waals surface area contributed by atoms with E-state index in [1.54, 1.807) is 0 Å². The molecule has 0 amide bonds. The Labute approximate surface area is 124 Å². The number of benzene rings is 1. The van der Waals surface area contributed by atoms with Crippen LogP contribution >= 0.6 is 0 Å². The van der Waals surface area contributed by atoms with E-state index in [1.807, 2.05) is 43.0 Å². The summed E-state index contributed by atoms with van der Waals surface area (Å²) in [7, 11) is 0. The van der Waals surface area contributed by atoms with Gasteiger partial charge in [0.15, 0.2) is 0 Å². The molecule has 0 saturated carbocycles. The molecule has 5 heteroatoms. The van der Waals surface area contributed by atoms with Crippen LogP contribution in [-0.4, -0.2) is 30.2 Å². The fourth-order valence-corrected chi connectivity index (χ4v) is 3.26. The molecule has 2 N–H and O–H groups in total. The predicted octanol–water partition coefficient (Wildman–Crippen LogP) is 3.66. The summed E-state index contributed by atoms with van der Waals surface area (Å²) in [5, 5.41) is 0. The van der Waals surface area contributed by atoms with Gasteiger partial charge in [-0.25, -0.2) is 0 Å². The molecular formula is C16H23F3N2. The average Bonchev–Trinajstić information content (AvgIpc) is 2.40. The highest BCUT2D eigenvalue weighted by Crippen LogP contribution is 2.37. The van der Waals surface area contributed by atoms with Crippen LogP contribution in [-0.2, 0) is 0 Å². The van der Waals surface area contributed by atoms with Crippen molar-refractivity contribution in [3.05, 3.63) is 35.4 Å². The van der Waals surface area contributed by atoms with Gasteiger partial charge in [0.05, 0.1) is 5.92 Å². The molecule has 1 aromatic rings. The van der Waals surface area contributed by atoms with Crippen molar-refractivity contribution in [1.82, 2.24) is 4.90 Å². The number of nitrogens with two attached hydrogens (primary N) is 1. The third-order valence-corrected chi connectivity index (χ3v) is 4.31. The Morgan fingerprint density at radius 2 is 1.95 bits per heavy atom. The highest BCUT2D eigenvalue weighted by atomic mass is 19.4. The maximum atomic E-state index is 13.0. The van der Waals surface area contributed by atoms with Crippen molar-refractivity contribution in [2.75, 3.05) is 13.1 Å². The van der Waals surface area contributed by atoms with Crippen LogP contribution in [0.3, 0.4) is 0 Å². The summed E-state index contributed by atoms with van der Waals surface area (Å²) >= 11 is 0. The molecule has 3 atom stereocenters. The average molecular weight is 300 g/mol. The fraction of sp³-hybridized carbons (Fsp3) is 0.625. The number of hydrogen-bond acceptors (Lipinski definition) is 2. The number of nitrogens with zero attached hydrogens (tertiary/aromatic N) is 1. The molecule has 1 aliphatic heterocycles. The molecule has 1 aromatic carbocycles. The van der Waals surface area contributed by atoms with Crippen molar-refractivity contribution in [3.63, 3.8) is 0 Å². The van der Waals surface area contributed by atoms with Gasteiger partial charge in [0, 0.05) is 18.6 Å². The first-order valence-corrected chi connectivity index (χ1v) is 7.42. The quantitative estimate of drug-likeness (QED) is 0.923. The van der Waals surface area contributed by atoms with Gasteiger partial charge in [0.2, 0.25) is 0 Å². The van der Waals surface area contributed by atoms with E-state index in [0.717, 1.165) is 11.1 Å². The van der Waals surface area contributed by atoms with Gasteiger partial charge in [0.25, 0.3) is 0 Å². The number of hydrogen-bond donors (Lipinski definition) is 1. The second kappa shape index (κ2) is 6.36.